The van der Waals surface area contributed by atoms with Crippen molar-refractivity contribution in [3.8, 4) is 0 Å². The van der Waals surface area contributed by atoms with Crippen molar-refractivity contribution in [3.05, 3.63) is 11.6 Å². The van der Waals surface area contributed by atoms with Crippen molar-refractivity contribution in [2.45, 2.75) is 32.1 Å². The summed E-state index contributed by atoms with van der Waals surface area (Å²) in [6, 6.07) is 0. The van der Waals surface area contributed by atoms with Crippen molar-refractivity contribution in [1.82, 2.24) is 0 Å². The van der Waals surface area contributed by atoms with Crippen LogP contribution in [-0.4, -0.2) is 5.92 Å². The van der Waals surface area contributed by atoms with Gasteiger partial charge in [0.2, 0.25) is 0 Å². The molecule has 1 unspecified atom stereocenters. The zero-order chi connectivity index (χ0) is 7.41. The quantitative estimate of drug-likeness (QED) is 0.458. The van der Waals surface area contributed by atoms with Crippen LogP contribution in [0.5, 0.6) is 0 Å². The van der Waals surface area contributed by atoms with Crippen LogP contribution in [-0.2, 0) is 0 Å². The van der Waals surface area contributed by atoms with Gasteiger partial charge < -0.3 is 0 Å². The second-order valence-corrected chi connectivity index (χ2v) is 3.36. The fraction of sp³-hybridized carbons (Fsp3) is 0.750. The number of allylic oxidation sites excluding steroid dienone is 2. The fourth-order valence-corrected chi connectivity index (χ4v) is 1.99. The monoisotopic (exact) mass is 144 g/mol. The molecule has 2 rings (SSSR count). The van der Waals surface area contributed by atoms with E-state index in [1.54, 1.807) is 13.0 Å². The Kier molecular flexibility index (Phi) is 0.907. The van der Waals surface area contributed by atoms with E-state index in [2.05, 4.69) is 0 Å². The lowest BCUT2D eigenvalue weighted by molar-refractivity contribution is -0.0410. The molecule has 0 aromatic carbocycles. The summed E-state index contributed by atoms with van der Waals surface area (Å²) in [5.74, 6) is -2.42. The first-order valence-corrected chi connectivity index (χ1v) is 3.66. The summed E-state index contributed by atoms with van der Waals surface area (Å²) in [5, 5.41) is 0. The molecule has 56 valence electrons. The molecule has 0 aromatic heterocycles. The van der Waals surface area contributed by atoms with Crippen LogP contribution < -0.4 is 0 Å². The van der Waals surface area contributed by atoms with Crippen LogP contribution in [0.2, 0.25) is 0 Å². The summed E-state index contributed by atoms with van der Waals surface area (Å²) in [6.07, 6.45) is 3.16. The van der Waals surface area contributed by atoms with Gasteiger partial charge in [0.05, 0.1) is 5.41 Å². The van der Waals surface area contributed by atoms with Crippen molar-refractivity contribution in [3.63, 3.8) is 0 Å². The van der Waals surface area contributed by atoms with Crippen LogP contribution in [0.25, 0.3) is 0 Å². The molecule has 10 heavy (non-hydrogen) atoms. The van der Waals surface area contributed by atoms with Gasteiger partial charge in [-0.25, -0.2) is 8.78 Å². The minimum atomic E-state index is -2.42. The van der Waals surface area contributed by atoms with E-state index >= 15 is 0 Å². The summed E-state index contributed by atoms with van der Waals surface area (Å²) in [4.78, 5) is 0. The predicted molar refractivity (Wildman–Crippen MR) is 35.0 cm³/mol. The second-order valence-electron chi connectivity index (χ2n) is 3.36. The number of hydrogen-bond donors (Lipinski definition) is 0. The molecule has 0 aliphatic heterocycles. The summed E-state index contributed by atoms with van der Waals surface area (Å²) < 4.78 is 26.0. The Bertz CT molecular complexity index is 205. The highest BCUT2D eigenvalue weighted by atomic mass is 19.3. The highest BCUT2D eigenvalue weighted by molar-refractivity contribution is 5.42. The minimum absolute atomic E-state index is 0.0842. The van der Waals surface area contributed by atoms with E-state index in [-0.39, 0.29) is 6.42 Å². The topological polar surface area (TPSA) is 0 Å². The smallest absolute Gasteiger partial charge is 0.206 e. The van der Waals surface area contributed by atoms with Gasteiger partial charge in [0, 0.05) is 6.42 Å². The predicted octanol–water partition coefficient (Wildman–Crippen LogP) is 2.75. The first kappa shape index (κ1) is 6.32. The Morgan fingerprint density at radius 1 is 1.40 bits per heavy atom. The van der Waals surface area contributed by atoms with Crippen molar-refractivity contribution in [2.24, 2.45) is 5.41 Å². The van der Waals surface area contributed by atoms with Gasteiger partial charge in [0.1, 0.15) is 0 Å². The Hall–Kier alpha value is -0.400. The molecular formula is C8H10F2. The Balaban J connectivity index is 2.25. The maximum Gasteiger partial charge on any atom is 0.260 e. The second kappa shape index (κ2) is 1.44. The number of alkyl halides is 2. The highest BCUT2D eigenvalue weighted by Crippen LogP contribution is 2.63. The molecular weight excluding hydrogens is 134 g/mol. The van der Waals surface area contributed by atoms with Gasteiger partial charge in [0.25, 0.3) is 5.92 Å². The molecule has 2 aliphatic rings. The summed E-state index contributed by atoms with van der Waals surface area (Å²) >= 11 is 0. The maximum atomic E-state index is 13.0. The van der Waals surface area contributed by atoms with Gasteiger partial charge in [0.15, 0.2) is 0 Å². The van der Waals surface area contributed by atoms with E-state index in [4.69, 9.17) is 0 Å². The minimum Gasteiger partial charge on any atom is -0.206 e. The molecule has 0 nitrogen and oxygen atoms in total. The summed E-state index contributed by atoms with van der Waals surface area (Å²) in [6.45, 7) is 1.80. The molecule has 1 atom stereocenters. The van der Waals surface area contributed by atoms with Gasteiger partial charge in [-0.2, -0.15) is 0 Å². The summed E-state index contributed by atoms with van der Waals surface area (Å²) in [7, 11) is 0. The third kappa shape index (κ3) is 0.505. The molecule has 1 saturated carbocycles. The lowest BCUT2D eigenvalue weighted by Crippen LogP contribution is -2.25. The molecule has 0 heterocycles. The molecule has 2 heteroatoms. The molecule has 1 fully saturated rings. The first-order valence-electron chi connectivity index (χ1n) is 3.66. The van der Waals surface area contributed by atoms with Crippen LogP contribution >= 0.6 is 0 Å². The van der Waals surface area contributed by atoms with Crippen LogP contribution in [0, 0.1) is 5.41 Å². The molecule has 0 radical (unpaired) electrons. The molecule has 0 amide bonds. The average Bonchev–Trinajstić information content (AvgIpc) is 2.34. The third-order valence-electron chi connectivity index (χ3n) is 2.80. The largest absolute Gasteiger partial charge is 0.260 e. The van der Waals surface area contributed by atoms with E-state index in [9.17, 15) is 8.78 Å². The molecule has 0 N–H and O–H groups in total. The normalized spacial score (nSPS) is 42.1. The van der Waals surface area contributed by atoms with Gasteiger partial charge >= 0.3 is 0 Å². The number of halogens is 2. The van der Waals surface area contributed by atoms with E-state index in [0.717, 1.165) is 5.57 Å². The molecule has 0 saturated heterocycles. The standard InChI is InChI=1S/C8H10F2/c1-6-5-7(6)3-2-4-8(7,9)10/h5H,2-4H2,1H3. The van der Waals surface area contributed by atoms with Crippen molar-refractivity contribution in [2.75, 3.05) is 0 Å². The SMILES string of the molecule is CC1=CC12CCCC2(F)F. The Labute approximate surface area is 58.9 Å². The third-order valence-corrected chi connectivity index (χ3v) is 2.80. The van der Waals surface area contributed by atoms with Crippen molar-refractivity contribution < 1.29 is 8.78 Å². The zero-order valence-corrected chi connectivity index (χ0v) is 5.95. The van der Waals surface area contributed by atoms with Crippen molar-refractivity contribution >= 4 is 0 Å². The van der Waals surface area contributed by atoms with Crippen LogP contribution in [0.1, 0.15) is 26.2 Å². The lowest BCUT2D eigenvalue weighted by atomic mass is 9.96. The highest BCUT2D eigenvalue weighted by Gasteiger charge is 2.62. The van der Waals surface area contributed by atoms with E-state index < -0.39 is 11.3 Å². The van der Waals surface area contributed by atoms with E-state index in [0.29, 0.717) is 12.8 Å². The first-order chi connectivity index (χ1) is 4.58. The van der Waals surface area contributed by atoms with Crippen LogP contribution in [0.15, 0.2) is 11.6 Å². The lowest BCUT2D eigenvalue weighted by Gasteiger charge is -2.19. The molecule has 1 spiro atoms. The van der Waals surface area contributed by atoms with Gasteiger partial charge in [-0.05, 0) is 19.8 Å². The maximum absolute atomic E-state index is 13.0. The Morgan fingerprint density at radius 3 is 2.20 bits per heavy atom. The van der Waals surface area contributed by atoms with E-state index in [1.165, 1.54) is 0 Å². The Morgan fingerprint density at radius 2 is 2.00 bits per heavy atom. The van der Waals surface area contributed by atoms with Crippen LogP contribution in [0.3, 0.4) is 0 Å². The van der Waals surface area contributed by atoms with Crippen LogP contribution in [0.4, 0.5) is 8.78 Å². The van der Waals surface area contributed by atoms with Gasteiger partial charge in [-0.3, -0.25) is 0 Å². The van der Waals surface area contributed by atoms with E-state index in [1.807, 2.05) is 0 Å². The summed E-state index contributed by atoms with van der Waals surface area (Å²) in [5.41, 5.74) is 0.155. The number of rotatable bonds is 0. The molecule has 2 aliphatic carbocycles. The average molecular weight is 144 g/mol. The molecule has 0 aromatic rings. The van der Waals surface area contributed by atoms with Gasteiger partial charge in [-0.15, -0.1) is 0 Å². The fourth-order valence-electron chi connectivity index (χ4n) is 1.99. The van der Waals surface area contributed by atoms with Crippen molar-refractivity contribution in [1.29, 1.82) is 0 Å². The number of hydrogen-bond acceptors (Lipinski definition) is 0. The molecule has 0 bridgehead atoms. The van der Waals surface area contributed by atoms with Gasteiger partial charge in [-0.1, -0.05) is 11.6 Å². The zero-order valence-electron chi connectivity index (χ0n) is 5.95.